The fourth-order valence-corrected chi connectivity index (χ4v) is 4.34. The number of aromatic nitrogens is 1. The molecule has 3 heterocycles. The number of para-hydroxylation sites is 1. The van der Waals surface area contributed by atoms with Crippen LogP contribution in [0.5, 0.6) is 0 Å². The lowest BCUT2D eigenvalue weighted by Crippen LogP contribution is -1.91. The van der Waals surface area contributed by atoms with E-state index in [1.165, 1.54) is 0 Å². The van der Waals surface area contributed by atoms with Crippen LogP contribution in [0.1, 0.15) is 32.2 Å². The summed E-state index contributed by atoms with van der Waals surface area (Å²) >= 11 is 0. The molecule has 0 amide bonds. The van der Waals surface area contributed by atoms with Gasteiger partial charge in [0.25, 0.3) is 0 Å². The summed E-state index contributed by atoms with van der Waals surface area (Å²) in [7, 11) is 0. The first kappa shape index (κ1) is 16.2. The van der Waals surface area contributed by atoms with Crippen molar-refractivity contribution in [2.24, 2.45) is 0 Å². The van der Waals surface area contributed by atoms with Crippen molar-refractivity contribution < 1.29 is 10.2 Å². The highest BCUT2D eigenvalue weighted by molar-refractivity contribution is 6.28. The molecule has 3 aromatic carbocycles. The quantitative estimate of drug-likeness (QED) is 0.300. The number of fused-ring (bicyclic) bond motifs is 7. The molecule has 146 valence electrons. The van der Waals surface area contributed by atoms with E-state index in [4.69, 9.17) is 10.2 Å². The molecule has 0 spiro atoms. The van der Waals surface area contributed by atoms with E-state index in [9.17, 15) is 0 Å². The average Bonchev–Trinajstić information content (AvgIpc) is 3.29. The van der Waals surface area contributed by atoms with Gasteiger partial charge in [-0.1, -0.05) is 44.2 Å². The third-order valence-corrected chi connectivity index (χ3v) is 5.85. The molecule has 6 aromatic rings. The first-order chi connectivity index (χ1) is 14.9. The molecule has 3 heteroatoms. The van der Waals surface area contributed by atoms with Crippen molar-refractivity contribution >= 4 is 43.9 Å². The molecular formula is C27H21NO2. The second-order valence-electron chi connectivity index (χ2n) is 8.13. The smallest absolute Gasteiger partial charge is 0.145 e. The topological polar surface area (TPSA) is 39.2 Å². The highest BCUT2D eigenvalue weighted by Crippen LogP contribution is 2.44. The Morgan fingerprint density at radius 2 is 1.67 bits per heavy atom. The third-order valence-electron chi connectivity index (χ3n) is 5.85. The summed E-state index contributed by atoms with van der Waals surface area (Å²) in [5.74, 6) is -0.717. The van der Waals surface area contributed by atoms with Gasteiger partial charge in [-0.25, -0.2) is 0 Å². The van der Waals surface area contributed by atoms with Crippen molar-refractivity contribution in [3.05, 3.63) is 78.0 Å². The summed E-state index contributed by atoms with van der Waals surface area (Å²) in [5.41, 5.74) is 7.02. The molecule has 6 rings (SSSR count). The lowest BCUT2D eigenvalue weighted by molar-refractivity contribution is 0.663. The summed E-state index contributed by atoms with van der Waals surface area (Å²) in [6.45, 7) is 5.83. The molecule has 0 aliphatic carbocycles. The zero-order chi connectivity index (χ0) is 21.3. The van der Waals surface area contributed by atoms with Crippen LogP contribution in [0, 0.1) is 6.92 Å². The summed E-state index contributed by atoms with van der Waals surface area (Å²) in [6, 6.07) is 20.3. The molecule has 0 aliphatic heterocycles. The van der Waals surface area contributed by atoms with Crippen LogP contribution in [0.15, 0.2) is 75.7 Å². The van der Waals surface area contributed by atoms with Crippen LogP contribution in [0.25, 0.3) is 55.1 Å². The maximum Gasteiger partial charge on any atom is 0.145 e. The van der Waals surface area contributed by atoms with Gasteiger partial charge in [-0.15, -0.1) is 0 Å². The van der Waals surface area contributed by atoms with E-state index >= 15 is 0 Å². The van der Waals surface area contributed by atoms with Crippen LogP contribution in [0.2, 0.25) is 0 Å². The van der Waals surface area contributed by atoms with Gasteiger partial charge in [0, 0.05) is 34.7 Å². The minimum absolute atomic E-state index is 0.717. The molecule has 0 N–H and O–H groups in total. The van der Waals surface area contributed by atoms with Crippen molar-refractivity contribution in [2.75, 3.05) is 0 Å². The van der Waals surface area contributed by atoms with Crippen molar-refractivity contribution in [3.8, 4) is 11.3 Å². The summed E-state index contributed by atoms with van der Waals surface area (Å²) in [6.07, 6.45) is 1.77. The molecule has 3 aromatic heterocycles. The lowest BCUT2D eigenvalue weighted by Gasteiger charge is -2.08. The number of benzene rings is 3. The number of hydrogen-bond donors (Lipinski definition) is 0. The van der Waals surface area contributed by atoms with Crippen molar-refractivity contribution in [2.45, 2.75) is 26.7 Å². The van der Waals surface area contributed by atoms with E-state index < -0.39 is 5.89 Å². The average molecular weight is 392 g/mol. The van der Waals surface area contributed by atoms with E-state index in [1.807, 2.05) is 50.2 Å². The van der Waals surface area contributed by atoms with Crippen LogP contribution in [-0.2, 0) is 0 Å². The predicted octanol–water partition coefficient (Wildman–Crippen LogP) is 7.98. The molecule has 0 atom stereocenters. The molecule has 0 fully saturated rings. The Morgan fingerprint density at radius 3 is 2.53 bits per heavy atom. The second kappa shape index (κ2) is 6.20. The van der Waals surface area contributed by atoms with Gasteiger partial charge in [0.15, 0.2) is 0 Å². The minimum atomic E-state index is -0.717. The Kier molecular flexibility index (Phi) is 3.36. The molecule has 0 radical (unpaired) electrons. The normalized spacial score (nSPS) is 13.0. The molecule has 0 aliphatic rings. The van der Waals surface area contributed by atoms with E-state index in [0.717, 1.165) is 66.3 Å². The number of nitrogens with zero attached hydrogens (tertiary/aromatic N) is 1. The fraction of sp³-hybridized carbons (Fsp3) is 0.148. The maximum absolute atomic E-state index is 8.44. The number of pyridine rings is 1. The van der Waals surface area contributed by atoms with Crippen LogP contribution in [0.3, 0.4) is 0 Å². The molecule has 0 unspecified atom stereocenters. The molecule has 0 bridgehead atoms. The maximum atomic E-state index is 8.44. The first-order valence-corrected chi connectivity index (χ1v) is 10.1. The second-order valence-corrected chi connectivity index (χ2v) is 8.13. The number of hydrogen-bond acceptors (Lipinski definition) is 3. The van der Waals surface area contributed by atoms with Gasteiger partial charge < -0.3 is 8.83 Å². The van der Waals surface area contributed by atoms with E-state index in [1.54, 1.807) is 6.20 Å². The number of rotatable bonds is 2. The molecule has 30 heavy (non-hydrogen) atoms. The third kappa shape index (κ3) is 2.42. The zero-order valence-electron chi connectivity index (χ0n) is 18.1. The van der Waals surface area contributed by atoms with Crippen LogP contribution in [-0.4, -0.2) is 4.98 Å². The Morgan fingerprint density at radius 1 is 0.833 bits per heavy atom. The van der Waals surface area contributed by atoms with Crippen molar-refractivity contribution in [1.82, 2.24) is 4.98 Å². The standard InChI is InChI=1S/C27H21NO2/c1-15(2)17-10-11-28-21(13-17)20-14-24-25(18-6-4-5-7-22(18)29-24)26-19-9-8-16(3)12-23(19)30-27(20)26/h4-15H,1-3H3/i15D. The fourth-order valence-electron chi connectivity index (χ4n) is 4.34. The Hall–Kier alpha value is -3.59. The first-order valence-electron chi connectivity index (χ1n) is 10.6. The highest BCUT2D eigenvalue weighted by atomic mass is 16.3. The van der Waals surface area contributed by atoms with Crippen LogP contribution >= 0.6 is 0 Å². The van der Waals surface area contributed by atoms with Crippen molar-refractivity contribution in [1.29, 1.82) is 0 Å². The molecule has 0 saturated heterocycles. The Labute approximate surface area is 175 Å². The number of aryl methyl sites for hydroxylation is 1. The zero-order valence-corrected chi connectivity index (χ0v) is 17.1. The summed E-state index contributed by atoms with van der Waals surface area (Å²) in [5, 5.41) is 4.25. The SMILES string of the molecule is [2H]C(C)(C)c1ccnc(-c2cc3oc4ccccc4c3c3c2oc2cc(C)ccc23)c1. The van der Waals surface area contributed by atoms with E-state index in [0.29, 0.717) is 0 Å². The minimum Gasteiger partial charge on any atom is -0.456 e. The van der Waals surface area contributed by atoms with E-state index in [-0.39, 0.29) is 0 Å². The number of furan rings is 2. The van der Waals surface area contributed by atoms with Gasteiger partial charge in [0.2, 0.25) is 0 Å². The lowest BCUT2D eigenvalue weighted by atomic mass is 9.98. The van der Waals surface area contributed by atoms with Gasteiger partial charge in [-0.05, 0) is 54.3 Å². The van der Waals surface area contributed by atoms with E-state index in [2.05, 4.69) is 36.2 Å². The van der Waals surface area contributed by atoms with Gasteiger partial charge in [-0.3, -0.25) is 4.98 Å². The highest BCUT2D eigenvalue weighted by Gasteiger charge is 2.21. The van der Waals surface area contributed by atoms with Crippen LogP contribution < -0.4 is 0 Å². The largest absolute Gasteiger partial charge is 0.456 e. The van der Waals surface area contributed by atoms with Gasteiger partial charge in [-0.2, -0.15) is 0 Å². The summed E-state index contributed by atoms with van der Waals surface area (Å²) < 4.78 is 21.1. The monoisotopic (exact) mass is 392 g/mol. The van der Waals surface area contributed by atoms with Crippen LogP contribution in [0.4, 0.5) is 0 Å². The molecule has 0 saturated carbocycles. The predicted molar refractivity (Wildman–Crippen MR) is 123 cm³/mol. The molecule has 3 nitrogen and oxygen atoms in total. The van der Waals surface area contributed by atoms with Gasteiger partial charge in [0.1, 0.15) is 22.3 Å². The van der Waals surface area contributed by atoms with Crippen molar-refractivity contribution in [3.63, 3.8) is 0 Å². The molecular weight excluding hydrogens is 370 g/mol. The van der Waals surface area contributed by atoms with Gasteiger partial charge >= 0.3 is 0 Å². The summed E-state index contributed by atoms with van der Waals surface area (Å²) in [4.78, 5) is 4.64. The van der Waals surface area contributed by atoms with Gasteiger partial charge in [0.05, 0.1) is 5.69 Å². The Balaban J connectivity index is 1.81. The Bertz CT molecular complexity index is 1630.